The molecule has 0 saturated carbocycles. The lowest BCUT2D eigenvalue weighted by molar-refractivity contribution is -0.384. The van der Waals surface area contributed by atoms with Gasteiger partial charge in [-0.1, -0.05) is 52.5 Å². The third-order valence-electron chi connectivity index (χ3n) is 3.61. The van der Waals surface area contributed by atoms with Crippen molar-refractivity contribution in [1.29, 1.82) is 0 Å². The molecule has 8 nitrogen and oxygen atoms in total. The minimum atomic E-state index is -2.01. The first-order valence-corrected chi connectivity index (χ1v) is 9.96. The van der Waals surface area contributed by atoms with Crippen LogP contribution in [0.4, 0.5) is 11.4 Å². The standard InChI is InChI=1S/C17H14Cl4N4O4S/c1-29-11-5-6-12(13(8-11)25(27)28)22-16(30)24-15(17(19,20)21)23-14(26)9-3-2-4-10(18)7-9/h2-8,15H,1H3,(H,23,26)(H2,22,24,30)/t15-/m1/s1. The highest BCUT2D eigenvalue weighted by Crippen LogP contribution is 2.31. The number of hydrogen-bond acceptors (Lipinski definition) is 5. The maximum Gasteiger partial charge on any atom is 0.296 e. The lowest BCUT2D eigenvalue weighted by atomic mass is 10.2. The van der Waals surface area contributed by atoms with E-state index in [4.69, 9.17) is 63.4 Å². The average Bonchev–Trinajstić information content (AvgIpc) is 2.66. The SMILES string of the molecule is COc1ccc(NC(=S)N[C@@H](NC(=O)c2cccc(Cl)c2)C(Cl)(Cl)Cl)c([N+](=O)[O-])c1. The number of anilines is 1. The molecule has 0 heterocycles. The van der Waals surface area contributed by atoms with E-state index in [1.807, 2.05) is 0 Å². The molecule has 0 saturated heterocycles. The van der Waals surface area contributed by atoms with Crippen LogP contribution in [0.2, 0.25) is 5.02 Å². The molecule has 2 aromatic carbocycles. The fraction of sp³-hybridized carbons (Fsp3) is 0.176. The molecule has 0 fully saturated rings. The Balaban J connectivity index is 2.16. The molecule has 0 radical (unpaired) electrons. The van der Waals surface area contributed by atoms with Crippen molar-refractivity contribution >= 4 is 81.0 Å². The van der Waals surface area contributed by atoms with Crippen molar-refractivity contribution in [3.05, 3.63) is 63.2 Å². The molecule has 13 heteroatoms. The van der Waals surface area contributed by atoms with Gasteiger partial charge in [-0.2, -0.15) is 0 Å². The van der Waals surface area contributed by atoms with Crippen LogP contribution in [0.3, 0.4) is 0 Å². The molecule has 2 aromatic rings. The van der Waals surface area contributed by atoms with Crippen LogP contribution in [0, 0.1) is 10.1 Å². The van der Waals surface area contributed by atoms with Gasteiger partial charge in [-0.15, -0.1) is 0 Å². The lowest BCUT2D eigenvalue weighted by Crippen LogP contribution is -2.56. The van der Waals surface area contributed by atoms with Crippen LogP contribution in [0.15, 0.2) is 42.5 Å². The molecule has 0 aliphatic carbocycles. The Labute approximate surface area is 196 Å². The van der Waals surface area contributed by atoms with E-state index >= 15 is 0 Å². The fourth-order valence-electron chi connectivity index (χ4n) is 2.23. The third-order valence-corrected chi connectivity index (χ3v) is 4.72. The zero-order valence-electron chi connectivity index (χ0n) is 15.1. The number of rotatable bonds is 6. The monoisotopic (exact) mass is 510 g/mol. The second-order valence-corrected chi connectivity index (χ2v) is 8.91. The second kappa shape index (κ2) is 10.3. The van der Waals surface area contributed by atoms with Gasteiger partial charge in [0, 0.05) is 10.6 Å². The Hall–Kier alpha value is -2.04. The molecule has 0 aliphatic heterocycles. The summed E-state index contributed by atoms with van der Waals surface area (Å²) >= 11 is 28.9. The first-order chi connectivity index (χ1) is 14.0. The number of carbonyl (C=O) groups excluding carboxylic acids is 1. The highest BCUT2D eigenvalue weighted by molar-refractivity contribution is 7.80. The summed E-state index contributed by atoms with van der Waals surface area (Å²) in [5, 5.41) is 19.3. The quantitative estimate of drug-likeness (QED) is 0.170. The number of hydrogen-bond donors (Lipinski definition) is 3. The van der Waals surface area contributed by atoms with Crippen molar-refractivity contribution in [2.45, 2.75) is 9.96 Å². The molecule has 3 N–H and O–H groups in total. The van der Waals surface area contributed by atoms with Crippen LogP contribution < -0.4 is 20.7 Å². The zero-order chi connectivity index (χ0) is 22.5. The number of carbonyl (C=O) groups is 1. The summed E-state index contributed by atoms with van der Waals surface area (Å²) in [5.41, 5.74) is 0.0163. The Bertz CT molecular complexity index is 971. The van der Waals surface area contributed by atoms with Gasteiger partial charge in [0.2, 0.25) is 3.79 Å². The van der Waals surface area contributed by atoms with Gasteiger partial charge < -0.3 is 20.7 Å². The highest BCUT2D eigenvalue weighted by Gasteiger charge is 2.35. The van der Waals surface area contributed by atoms with Crippen LogP contribution in [0.5, 0.6) is 5.75 Å². The van der Waals surface area contributed by atoms with Crippen molar-refractivity contribution in [3.63, 3.8) is 0 Å². The molecule has 1 amide bonds. The van der Waals surface area contributed by atoms with Crippen molar-refractivity contribution < 1.29 is 14.5 Å². The number of benzene rings is 2. The van der Waals surface area contributed by atoms with Crippen LogP contribution in [-0.2, 0) is 0 Å². The van der Waals surface area contributed by atoms with Crippen molar-refractivity contribution in [1.82, 2.24) is 10.6 Å². The third kappa shape index (κ3) is 6.75. The first kappa shape index (κ1) is 24.2. The molecular weight excluding hydrogens is 498 g/mol. The number of ether oxygens (including phenoxy) is 1. The Morgan fingerprint density at radius 1 is 1.20 bits per heavy atom. The van der Waals surface area contributed by atoms with Crippen molar-refractivity contribution in [2.24, 2.45) is 0 Å². The van der Waals surface area contributed by atoms with Gasteiger partial charge in [0.1, 0.15) is 17.6 Å². The summed E-state index contributed by atoms with van der Waals surface area (Å²) in [4.78, 5) is 23.1. The van der Waals surface area contributed by atoms with E-state index in [1.165, 1.54) is 37.4 Å². The number of nitro benzene ring substituents is 1. The number of methoxy groups -OCH3 is 1. The molecule has 0 bridgehead atoms. The van der Waals surface area contributed by atoms with E-state index in [1.54, 1.807) is 12.1 Å². The van der Waals surface area contributed by atoms with Gasteiger partial charge in [0.05, 0.1) is 18.1 Å². The summed E-state index contributed by atoms with van der Waals surface area (Å²) < 4.78 is 2.97. The Kier molecular flexibility index (Phi) is 8.34. The average molecular weight is 512 g/mol. The first-order valence-electron chi connectivity index (χ1n) is 8.04. The van der Waals surface area contributed by atoms with Crippen LogP contribution in [0.1, 0.15) is 10.4 Å². The van der Waals surface area contributed by atoms with Gasteiger partial charge >= 0.3 is 0 Å². The van der Waals surface area contributed by atoms with Crippen LogP contribution >= 0.6 is 58.6 Å². The van der Waals surface area contributed by atoms with E-state index < -0.39 is 20.8 Å². The summed E-state index contributed by atoms with van der Waals surface area (Å²) in [6, 6.07) is 10.3. The molecule has 1 atom stereocenters. The number of nitrogens with zero attached hydrogens (tertiary/aromatic N) is 1. The van der Waals surface area contributed by atoms with Gasteiger partial charge in [-0.3, -0.25) is 14.9 Å². The van der Waals surface area contributed by atoms with Crippen molar-refractivity contribution in [2.75, 3.05) is 12.4 Å². The van der Waals surface area contributed by atoms with Crippen LogP contribution in [0.25, 0.3) is 0 Å². The molecule has 30 heavy (non-hydrogen) atoms. The Morgan fingerprint density at radius 3 is 2.47 bits per heavy atom. The van der Waals surface area contributed by atoms with Gasteiger partial charge in [-0.05, 0) is 42.5 Å². The van der Waals surface area contributed by atoms with Crippen LogP contribution in [-0.4, -0.2) is 33.0 Å². The minimum absolute atomic E-state index is 0.0718. The van der Waals surface area contributed by atoms with E-state index in [0.29, 0.717) is 10.8 Å². The lowest BCUT2D eigenvalue weighted by Gasteiger charge is -2.27. The van der Waals surface area contributed by atoms with E-state index in [9.17, 15) is 14.9 Å². The highest BCUT2D eigenvalue weighted by atomic mass is 35.6. The minimum Gasteiger partial charge on any atom is -0.496 e. The Morgan fingerprint density at radius 2 is 1.90 bits per heavy atom. The molecule has 160 valence electrons. The number of thiocarbonyl (C=S) groups is 1. The predicted molar refractivity (Wildman–Crippen MR) is 122 cm³/mol. The predicted octanol–water partition coefficient (Wildman–Crippen LogP) is 4.67. The molecule has 0 unspecified atom stereocenters. The smallest absolute Gasteiger partial charge is 0.296 e. The molecular formula is C17H14Cl4N4O4S. The van der Waals surface area contributed by atoms with E-state index in [2.05, 4.69) is 16.0 Å². The fourth-order valence-corrected chi connectivity index (χ4v) is 2.97. The number of halogens is 4. The number of alkyl halides is 3. The maximum atomic E-state index is 12.5. The topological polar surface area (TPSA) is 106 Å². The summed E-state index contributed by atoms with van der Waals surface area (Å²) in [5.74, 6) is -0.293. The largest absolute Gasteiger partial charge is 0.496 e. The molecule has 0 spiro atoms. The second-order valence-electron chi connectivity index (χ2n) is 5.70. The van der Waals surface area contributed by atoms with Crippen molar-refractivity contribution in [3.8, 4) is 5.75 Å². The zero-order valence-corrected chi connectivity index (χ0v) is 19.0. The summed E-state index contributed by atoms with van der Waals surface area (Å²) in [7, 11) is 1.38. The van der Waals surface area contributed by atoms with E-state index in [-0.39, 0.29) is 22.1 Å². The maximum absolute atomic E-state index is 12.5. The van der Waals surface area contributed by atoms with Gasteiger partial charge in [-0.25, -0.2) is 0 Å². The number of amides is 1. The van der Waals surface area contributed by atoms with Gasteiger partial charge in [0.15, 0.2) is 5.11 Å². The number of nitro groups is 1. The summed E-state index contributed by atoms with van der Waals surface area (Å²) in [6.07, 6.45) is -1.27. The van der Waals surface area contributed by atoms with Gasteiger partial charge in [0.25, 0.3) is 11.6 Å². The number of nitrogens with one attached hydrogen (secondary N) is 3. The molecule has 0 aromatic heterocycles. The summed E-state index contributed by atoms with van der Waals surface area (Å²) in [6.45, 7) is 0. The molecule has 0 aliphatic rings. The molecule has 2 rings (SSSR count). The van der Waals surface area contributed by atoms with E-state index in [0.717, 1.165) is 0 Å². The normalized spacial score (nSPS) is 11.9.